The number of hydrazone groups is 1. The lowest BCUT2D eigenvalue weighted by Crippen LogP contribution is -1.96. The number of thiazole rings is 1. The van der Waals surface area contributed by atoms with Crippen LogP contribution in [0.25, 0.3) is 11.3 Å². The molecule has 1 aromatic heterocycles. The minimum Gasteiger partial charge on any atom is -0.490 e. The Bertz CT molecular complexity index is 1070. The number of anilines is 1. The Morgan fingerprint density at radius 2 is 2.00 bits per heavy atom. The first kappa shape index (κ1) is 18.9. The van der Waals surface area contributed by atoms with E-state index in [0.717, 1.165) is 0 Å². The van der Waals surface area contributed by atoms with Crippen LogP contribution in [0.2, 0.25) is 0 Å². The van der Waals surface area contributed by atoms with Crippen molar-refractivity contribution in [3.63, 3.8) is 0 Å². The van der Waals surface area contributed by atoms with Gasteiger partial charge in [-0.15, -0.1) is 11.3 Å². The molecule has 0 aliphatic carbocycles. The summed E-state index contributed by atoms with van der Waals surface area (Å²) in [4.78, 5) is 25.3. The van der Waals surface area contributed by atoms with Crippen molar-refractivity contribution in [2.24, 2.45) is 5.10 Å². The van der Waals surface area contributed by atoms with Gasteiger partial charge in [0.15, 0.2) is 5.75 Å². The highest BCUT2D eigenvalue weighted by Gasteiger charge is 2.14. The largest absolute Gasteiger partial charge is 0.490 e. The summed E-state index contributed by atoms with van der Waals surface area (Å²) in [6, 6.07) is 10.6. The van der Waals surface area contributed by atoms with Crippen LogP contribution in [-0.4, -0.2) is 28.2 Å². The van der Waals surface area contributed by atoms with Crippen molar-refractivity contribution >= 4 is 34.1 Å². The molecule has 11 heteroatoms. The molecule has 0 unspecified atom stereocenters. The van der Waals surface area contributed by atoms with E-state index in [2.05, 4.69) is 15.5 Å². The second kappa shape index (κ2) is 8.22. The molecule has 0 aliphatic rings. The summed E-state index contributed by atoms with van der Waals surface area (Å²) in [5.74, 6) is 0.164. The topological polar surface area (TPSA) is 133 Å². The molecule has 0 amide bonds. The Morgan fingerprint density at radius 1 is 1.18 bits per heavy atom. The molecular weight excluding hydrogens is 386 g/mol. The fraction of sp³-hybridized carbons (Fsp3) is 0.0588. The minimum absolute atomic E-state index is 0.0147. The number of aromatic nitrogens is 1. The molecule has 0 spiro atoms. The van der Waals surface area contributed by atoms with Gasteiger partial charge in [-0.1, -0.05) is 12.1 Å². The van der Waals surface area contributed by atoms with Crippen molar-refractivity contribution in [2.45, 2.75) is 0 Å². The molecule has 3 rings (SSSR count). The number of benzene rings is 2. The van der Waals surface area contributed by atoms with Crippen LogP contribution in [0.1, 0.15) is 5.56 Å². The van der Waals surface area contributed by atoms with Crippen LogP contribution < -0.4 is 10.2 Å². The van der Waals surface area contributed by atoms with Crippen molar-refractivity contribution in [1.82, 2.24) is 4.98 Å². The van der Waals surface area contributed by atoms with Crippen molar-refractivity contribution in [3.8, 4) is 17.0 Å². The maximum Gasteiger partial charge on any atom is 0.311 e. The van der Waals surface area contributed by atoms with Gasteiger partial charge in [-0.3, -0.25) is 25.7 Å². The van der Waals surface area contributed by atoms with E-state index >= 15 is 0 Å². The summed E-state index contributed by atoms with van der Waals surface area (Å²) in [5.41, 5.74) is 4.27. The van der Waals surface area contributed by atoms with Crippen molar-refractivity contribution in [1.29, 1.82) is 0 Å². The predicted octanol–water partition coefficient (Wildman–Crippen LogP) is 4.08. The second-order valence-corrected chi connectivity index (χ2v) is 6.26. The van der Waals surface area contributed by atoms with Gasteiger partial charge in [0.25, 0.3) is 5.69 Å². The lowest BCUT2D eigenvalue weighted by Gasteiger charge is -2.01. The number of ether oxygens (including phenoxy) is 1. The molecule has 0 aliphatic heterocycles. The zero-order chi connectivity index (χ0) is 20.1. The highest BCUT2D eigenvalue weighted by Crippen LogP contribution is 2.28. The van der Waals surface area contributed by atoms with Gasteiger partial charge in [0.05, 0.1) is 28.9 Å². The van der Waals surface area contributed by atoms with E-state index in [4.69, 9.17) is 4.74 Å². The standard InChI is InChI=1S/C17H13N5O5S/c1-27-16-6-5-11(7-15(16)22(25)26)9-18-20-17-19-14(10-28-17)12-3-2-4-13(8-12)21(23)24/h2-10H,1H3,(H,19,20)/b18-9+. The Hall–Kier alpha value is -3.86. The zero-order valence-electron chi connectivity index (χ0n) is 14.4. The van der Waals surface area contributed by atoms with Gasteiger partial charge in [0.2, 0.25) is 5.13 Å². The maximum atomic E-state index is 11.0. The second-order valence-electron chi connectivity index (χ2n) is 5.40. The lowest BCUT2D eigenvalue weighted by atomic mass is 10.1. The Kier molecular flexibility index (Phi) is 5.56. The number of methoxy groups -OCH3 is 1. The summed E-state index contributed by atoms with van der Waals surface area (Å²) in [6.45, 7) is 0. The molecule has 1 heterocycles. The smallest absolute Gasteiger partial charge is 0.311 e. The predicted molar refractivity (Wildman–Crippen MR) is 105 cm³/mol. The fourth-order valence-electron chi connectivity index (χ4n) is 2.33. The monoisotopic (exact) mass is 399 g/mol. The van der Waals surface area contributed by atoms with E-state index in [1.165, 1.54) is 48.9 Å². The molecule has 1 N–H and O–H groups in total. The number of nitrogens with zero attached hydrogens (tertiary/aromatic N) is 4. The van der Waals surface area contributed by atoms with Crippen LogP contribution in [0.3, 0.4) is 0 Å². The Labute approximate surface area is 162 Å². The summed E-state index contributed by atoms with van der Waals surface area (Å²) in [5, 5.41) is 28.2. The van der Waals surface area contributed by atoms with E-state index in [1.807, 2.05) is 0 Å². The molecule has 0 fully saturated rings. The van der Waals surface area contributed by atoms with Gasteiger partial charge >= 0.3 is 5.69 Å². The third-order valence-corrected chi connectivity index (χ3v) is 4.38. The average molecular weight is 399 g/mol. The zero-order valence-corrected chi connectivity index (χ0v) is 15.3. The Balaban J connectivity index is 1.72. The van der Waals surface area contributed by atoms with Crippen LogP contribution in [0.5, 0.6) is 5.75 Å². The van der Waals surface area contributed by atoms with Gasteiger partial charge in [-0.2, -0.15) is 5.10 Å². The van der Waals surface area contributed by atoms with Crippen LogP contribution in [0.4, 0.5) is 16.5 Å². The molecule has 0 saturated carbocycles. The number of nitro benzene ring substituents is 2. The summed E-state index contributed by atoms with van der Waals surface area (Å²) < 4.78 is 4.95. The minimum atomic E-state index is -0.532. The maximum absolute atomic E-state index is 11.0. The molecular formula is C17H13N5O5S. The molecule has 142 valence electrons. The first-order valence-electron chi connectivity index (χ1n) is 7.80. The third kappa shape index (κ3) is 4.27. The van der Waals surface area contributed by atoms with E-state index in [1.54, 1.807) is 23.6 Å². The van der Waals surface area contributed by atoms with E-state index < -0.39 is 9.85 Å². The molecule has 0 radical (unpaired) electrons. The van der Waals surface area contributed by atoms with Crippen LogP contribution in [0, 0.1) is 20.2 Å². The summed E-state index contributed by atoms with van der Waals surface area (Å²) in [7, 11) is 1.36. The van der Waals surface area contributed by atoms with Crippen molar-refractivity contribution in [2.75, 3.05) is 12.5 Å². The summed E-state index contributed by atoms with van der Waals surface area (Å²) in [6.07, 6.45) is 1.42. The molecule has 28 heavy (non-hydrogen) atoms. The van der Waals surface area contributed by atoms with Gasteiger partial charge in [0, 0.05) is 34.7 Å². The van der Waals surface area contributed by atoms with E-state index in [-0.39, 0.29) is 17.1 Å². The number of nitrogens with one attached hydrogen (secondary N) is 1. The summed E-state index contributed by atoms with van der Waals surface area (Å²) >= 11 is 1.27. The molecule has 0 atom stereocenters. The highest BCUT2D eigenvalue weighted by molar-refractivity contribution is 7.14. The SMILES string of the molecule is COc1ccc(/C=N/Nc2nc(-c3cccc([N+](=O)[O-])c3)cs2)cc1[N+](=O)[O-]. The number of non-ortho nitro benzene ring substituents is 1. The molecule has 10 nitrogen and oxygen atoms in total. The van der Waals surface area contributed by atoms with E-state index in [9.17, 15) is 20.2 Å². The quantitative estimate of drug-likeness (QED) is 0.359. The molecule has 0 saturated heterocycles. The van der Waals surface area contributed by atoms with E-state index in [0.29, 0.717) is 22.0 Å². The normalized spacial score (nSPS) is 10.8. The first-order valence-corrected chi connectivity index (χ1v) is 8.68. The van der Waals surface area contributed by atoms with Gasteiger partial charge < -0.3 is 4.74 Å². The number of hydrogen-bond acceptors (Lipinski definition) is 9. The number of rotatable bonds is 7. The highest BCUT2D eigenvalue weighted by atomic mass is 32.1. The van der Waals surface area contributed by atoms with Crippen molar-refractivity contribution < 1.29 is 14.6 Å². The molecule has 3 aromatic rings. The van der Waals surface area contributed by atoms with Gasteiger partial charge in [-0.25, -0.2) is 4.98 Å². The average Bonchev–Trinajstić information content (AvgIpc) is 3.17. The third-order valence-electron chi connectivity index (χ3n) is 3.63. The fourth-order valence-corrected chi connectivity index (χ4v) is 3.00. The van der Waals surface area contributed by atoms with Crippen LogP contribution in [0.15, 0.2) is 52.9 Å². The van der Waals surface area contributed by atoms with Crippen molar-refractivity contribution in [3.05, 3.63) is 73.6 Å². The van der Waals surface area contributed by atoms with Gasteiger partial charge in [0.1, 0.15) is 0 Å². The van der Waals surface area contributed by atoms with Gasteiger partial charge in [-0.05, 0) is 12.1 Å². The molecule has 0 bridgehead atoms. The first-order chi connectivity index (χ1) is 13.5. The molecule has 2 aromatic carbocycles. The number of hydrogen-bond donors (Lipinski definition) is 1. The number of nitro groups is 2. The van der Waals surface area contributed by atoms with Crippen LogP contribution in [-0.2, 0) is 0 Å². The Morgan fingerprint density at radius 3 is 2.71 bits per heavy atom. The lowest BCUT2D eigenvalue weighted by molar-refractivity contribution is -0.385. The van der Waals surface area contributed by atoms with Crippen LogP contribution >= 0.6 is 11.3 Å².